The molecule has 1 unspecified atom stereocenters. The van der Waals surface area contributed by atoms with Gasteiger partial charge in [-0.15, -0.1) is 0 Å². The summed E-state index contributed by atoms with van der Waals surface area (Å²) in [6.45, 7) is 3.81. The van der Waals surface area contributed by atoms with Gasteiger partial charge in [0.25, 0.3) is 0 Å². The number of guanidine groups is 1. The summed E-state index contributed by atoms with van der Waals surface area (Å²) in [5.74, 6) is -0.0663. The van der Waals surface area contributed by atoms with Gasteiger partial charge in [-0.1, -0.05) is 12.1 Å². The third-order valence-electron chi connectivity index (χ3n) is 4.94. The lowest BCUT2D eigenvalue weighted by atomic mass is 10.1. The molecule has 1 fully saturated rings. The molecule has 162 valence electrons. The van der Waals surface area contributed by atoms with E-state index in [4.69, 9.17) is 5.26 Å². The predicted octanol–water partition coefficient (Wildman–Crippen LogP) is 0.893. The molecule has 1 saturated heterocycles. The molecule has 0 bridgehead atoms. The van der Waals surface area contributed by atoms with Crippen molar-refractivity contribution in [1.82, 2.24) is 20.4 Å². The molecule has 1 heterocycles. The number of hydrogen-bond acceptors (Lipinski definition) is 5. The second-order valence-electron chi connectivity index (χ2n) is 7.40. The first kappa shape index (κ1) is 23.2. The Bertz CT molecular complexity index is 803. The van der Waals surface area contributed by atoms with Crippen LogP contribution >= 0.6 is 0 Å². The van der Waals surface area contributed by atoms with Crippen LogP contribution in [0.3, 0.4) is 0 Å². The zero-order valence-electron chi connectivity index (χ0n) is 17.9. The van der Waals surface area contributed by atoms with Gasteiger partial charge in [0.2, 0.25) is 17.8 Å². The van der Waals surface area contributed by atoms with Gasteiger partial charge in [0.15, 0.2) is 6.19 Å². The van der Waals surface area contributed by atoms with Gasteiger partial charge in [-0.05, 0) is 50.9 Å². The van der Waals surface area contributed by atoms with Crippen LogP contribution < -0.4 is 16.0 Å². The molecule has 0 spiro atoms. The standard InChI is InChI=1S/C21H31N7O2/c1-16-7-6-8-17(13-16)25-21(24-15-22)26-18-9-4-5-11-28(20(18)30)14-19(29)27(3)12-10-23-2/h6-8,13,18,23H,4-5,9-12,14H2,1-3H3,(H2,24,25,26). The molecule has 0 radical (unpaired) electrons. The first-order chi connectivity index (χ1) is 14.4. The first-order valence-electron chi connectivity index (χ1n) is 10.2. The van der Waals surface area contributed by atoms with Gasteiger partial charge in [0.1, 0.15) is 6.04 Å². The highest BCUT2D eigenvalue weighted by atomic mass is 16.2. The van der Waals surface area contributed by atoms with Crippen LogP contribution in [0.25, 0.3) is 0 Å². The predicted molar refractivity (Wildman–Crippen MR) is 117 cm³/mol. The normalized spacial score (nSPS) is 17.1. The Morgan fingerprint density at radius 1 is 1.40 bits per heavy atom. The number of carbonyl (C=O) groups excluding carboxylic acids is 2. The Morgan fingerprint density at radius 3 is 2.90 bits per heavy atom. The van der Waals surface area contributed by atoms with Crippen molar-refractivity contribution in [2.45, 2.75) is 32.2 Å². The van der Waals surface area contributed by atoms with Crippen molar-refractivity contribution < 1.29 is 9.59 Å². The van der Waals surface area contributed by atoms with E-state index >= 15 is 0 Å². The van der Waals surface area contributed by atoms with Crippen LogP contribution in [0.5, 0.6) is 0 Å². The fourth-order valence-corrected chi connectivity index (χ4v) is 3.21. The molecule has 0 aliphatic carbocycles. The number of anilines is 1. The lowest BCUT2D eigenvalue weighted by Crippen LogP contribution is -2.46. The molecule has 3 N–H and O–H groups in total. The molecule has 1 atom stereocenters. The molecule has 2 amide bonds. The molecule has 9 heteroatoms. The maximum Gasteiger partial charge on any atom is 0.247 e. The van der Waals surface area contributed by atoms with E-state index in [2.05, 4.69) is 20.9 Å². The number of aryl methyl sites for hydroxylation is 1. The summed E-state index contributed by atoms with van der Waals surface area (Å²) in [4.78, 5) is 33.2. The van der Waals surface area contributed by atoms with E-state index in [9.17, 15) is 9.59 Å². The maximum atomic E-state index is 13.1. The van der Waals surface area contributed by atoms with Gasteiger partial charge in [-0.2, -0.15) is 5.26 Å². The van der Waals surface area contributed by atoms with E-state index in [1.54, 1.807) is 16.8 Å². The number of benzene rings is 1. The lowest BCUT2D eigenvalue weighted by Gasteiger charge is -2.25. The number of carbonyl (C=O) groups is 2. The average molecular weight is 414 g/mol. The maximum absolute atomic E-state index is 13.1. The second kappa shape index (κ2) is 11.8. The topological polar surface area (TPSA) is 113 Å². The van der Waals surface area contributed by atoms with Gasteiger partial charge >= 0.3 is 0 Å². The van der Waals surface area contributed by atoms with Gasteiger partial charge in [0, 0.05) is 32.4 Å². The zero-order chi connectivity index (χ0) is 21.9. The number of nitrogens with one attached hydrogen (secondary N) is 3. The van der Waals surface area contributed by atoms with Crippen LogP contribution in [-0.4, -0.2) is 73.9 Å². The molecular weight excluding hydrogens is 382 g/mol. The lowest BCUT2D eigenvalue weighted by molar-refractivity contribution is -0.140. The largest absolute Gasteiger partial charge is 0.343 e. The van der Waals surface area contributed by atoms with E-state index in [-0.39, 0.29) is 24.3 Å². The van der Waals surface area contributed by atoms with E-state index in [0.29, 0.717) is 26.1 Å². The summed E-state index contributed by atoms with van der Waals surface area (Å²) in [6, 6.07) is 7.02. The van der Waals surface area contributed by atoms with Crippen LogP contribution in [0.4, 0.5) is 5.69 Å². The molecule has 0 aromatic heterocycles. The number of aliphatic imine (C=N–C) groups is 1. The fraction of sp³-hybridized carbons (Fsp3) is 0.524. The van der Waals surface area contributed by atoms with Crippen molar-refractivity contribution in [3.05, 3.63) is 29.8 Å². The Morgan fingerprint density at radius 2 is 2.20 bits per heavy atom. The van der Waals surface area contributed by atoms with E-state index in [1.165, 1.54) is 0 Å². The minimum atomic E-state index is -0.643. The highest BCUT2D eigenvalue weighted by molar-refractivity contribution is 5.97. The molecular formula is C21H31N7O2. The summed E-state index contributed by atoms with van der Waals surface area (Å²) in [5, 5.41) is 17.7. The van der Waals surface area contributed by atoms with Crippen molar-refractivity contribution in [2.24, 2.45) is 4.99 Å². The average Bonchev–Trinajstić information content (AvgIpc) is 2.88. The Kier molecular flexibility index (Phi) is 9.09. The minimum Gasteiger partial charge on any atom is -0.343 e. The summed E-state index contributed by atoms with van der Waals surface area (Å²) in [5.41, 5.74) is 1.84. The minimum absolute atomic E-state index is 0.0391. The quantitative estimate of drug-likeness (QED) is 0.265. The van der Waals surface area contributed by atoms with Gasteiger partial charge in [-0.3, -0.25) is 14.9 Å². The molecule has 30 heavy (non-hydrogen) atoms. The van der Waals surface area contributed by atoms with E-state index in [1.807, 2.05) is 44.4 Å². The Hall–Kier alpha value is -3.12. The number of nitriles is 1. The summed E-state index contributed by atoms with van der Waals surface area (Å²) >= 11 is 0. The molecule has 1 aliphatic rings. The van der Waals surface area contributed by atoms with Gasteiger partial charge in [-0.25, -0.2) is 4.99 Å². The van der Waals surface area contributed by atoms with E-state index in [0.717, 1.165) is 24.1 Å². The number of nitrogens with zero attached hydrogens (tertiary/aromatic N) is 4. The van der Waals surface area contributed by atoms with Crippen LogP contribution in [0.15, 0.2) is 29.3 Å². The molecule has 9 nitrogen and oxygen atoms in total. The van der Waals surface area contributed by atoms with Crippen molar-refractivity contribution in [1.29, 1.82) is 5.26 Å². The SMILES string of the molecule is CNCCN(C)C(=O)CN1CCCCC(N=C(NC#N)Nc2cccc(C)c2)C1=O. The van der Waals surface area contributed by atoms with Crippen LogP contribution in [0.1, 0.15) is 24.8 Å². The molecule has 1 aromatic rings. The second-order valence-corrected chi connectivity index (χ2v) is 7.40. The van der Waals surface area contributed by atoms with Gasteiger partial charge < -0.3 is 20.4 Å². The number of likely N-dealkylation sites (N-methyl/N-ethyl adjacent to an activating group) is 2. The summed E-state index contributed by atoms with van der Waals surface area (Å²) in [7, 11) is 3.56. The molecule has 2 rings (SSSR count). The number of amides is 2. The number of likely N-dealkylation sites (tertiary alicyclic amines) is 1. The van der Waals surface area contributed by atoms with Crippen molar-refractivity contribution in [3.8, 4) is 6.19 Å². The fourth-order valence-electron chi connectivity index (χ4n) is 3.21. The van der Waals surface area contributed by atoms with Crippen molar-refractivity contribution in [2.75, 3.05) is 45.6 Å². The number of hydrogen-bond donors (Lipinski definition) is 3. The zero-order valence-corrected chi connectivity index (χ0v) is 17.9. The van der Waals surface area contributed by atoms with Crippen molar-refractivity contribution in [3.63, 3.8) is 0 Å². The number of rotatable bonds is 7. The summed E-state index contributed by atoms with van der Waals surface area (Å²) in [6.07, 6.45) is 4.08. The highest BCUT2D eigenvalue weighted by Crippen LogP contribution is 2.16. The van der Waals surface area contributed by atoms with Crippen LogP contribution in [0.2, 0.25) is 0 Å². The van der Waals surface area contributed by atoms with Crippen LogP contribution in [-0.2, 0) is 9.59 Å². The Balaban J connectivity index is 2.12. The molecule has 0 saturated carbocycles. The third kappa shape index (κ3) is 7.04. The van der Waals surface area contributed by atoms with E-state index < -0.39 is 6.04 Å². The summed E-state index contributed by atoms with van der Waals surface area (Å²) < 4.78 is 0. The first-order valence-corrected chi connectivity index (χ1v) is 10.2. The van der Waals surface area contributed by atoms with Crippen molar-refractivity contribution >= 4 is 23.5 Å². The monoisotopic (exact) mass is 413 g/mol. The Labute approximate surface area is 178 Å². The smallest absolute Gasteiger partial charge is 0.247 e. The highest BCUT2D eigenvalue weighted by Gasteiger charge is 2.29. The third-order valence-corrected chi connectivity index (χ3v) is 4.94. The molecule has 1 aliphatic heterocycles. The molecule has 1 aromatic carbocycles. The van der Waals surface area contributed by atoms with Gasteiger partial charge in [0.05, 0.1) is 6.54 Å². The van der Waals surface area contributed by atoms with Crippen LogP contribution in [0, 0.1) is 18.4 Å².